The van der Waals surface area contributed by atoms with E-state index in [2.05, 4.69) is 15.5 Å². The van der Waals surface area contributed by atoms with E-state index in [0.29, 0.717) is 6.54 Å². The number of halogens is 3. The van der Waals surface area contributed by atoms with Crippen LogP contribution in [-0.2, 0) is 12.7 Å². The quantitative estimate of drug-likeness (QED) is 0.474. The van der Waals surface area contributed by atoms with Gasteiger partial charge in [-0.3, -0.25) is 5.10 Å². The molecule has 0 radical (unpaired) electrons. The second kappa shape index (κ2) is 6.79. The molecule has 0 unspecified atom stereocenters. The molecule has 1 aromatic heterocycles. The van der Waals surface area contributed by atoms with Crippen LogP contribution in [0.25, 0.3) is 22.2 Å². The van der Waals surface area contributed by atoms with Crippen LogP contribution in [0.2, 0.25) is 0 Å². The number of hydrogen-bond donors (Lipinski definition) is 2. The van der Waals surface area contributed by atoms with Gasteiger partial charge in [-0.05, 0) is 35.9 Å². The number of fused-ring (bicyclic) bond motifs is 1. The predicted octanol–water partition coefficient (Wildman–Crippen LogP) is 5.86. The monoisotopic (exact) mass is 367 g/mol. The third-order valence-electron chi connectivity index (χ3n) is 4.39. The van der Waals surface area contributed by atoms with Crippen molar-refractivity contribution in [3.8, 4) is 11.3 Å². The number of benzene rings is 3. The lowest BCUT2D eigenvalue weighted by molar-refractivity contribution is -0.137. The van der Waals surface area contributed by atoms with Crippen molar-refractivity contribution in [2.45, 2.75) is 12.7 Å². The first-order valence-electron chi connectivity index (χ1n) is 8.44. The van der Waals surface area contributed by atoms with Gasteiger partial charge in [0.25, 0.3) is 0 Å². The van der Waals surface area contributed by atoms with Gasteiger partial charge < -0.3 is 5.32 Å². The summed E-state index contributed by atoms with van der Waals surface area (Å²) < 4.78 is 37.9. The van der Waals surface area contributed by atoms with Crippen LogP contribution in [0.15, 0.2) is 72.8 Å². The highest BCUT2D eigenvalue weighted by molar-refractivity contribution is 5.94. The topological polar surface area (TPSA) is 40.7 Å². The Balaban J connectivity index is 1.50. The van der Waals surface area contributed by atoms with Crippen molar-refractivity contribution in [2.24, 2.45) is 0 Å². The molecule has 0 saturated heterocycles. The van der Waals surface area contributed by atoms with Gasteiger partial charge in [-0.15, -0.1) is 0 Å². The Morgan fingerprint density at radius 2 is 1.63 bits per heavy atom. The normalized spacial score (nSPS) is 11.7. The molecule has 0 spiro atoms. The zero-order valence-electron chi connectivity index (χ0n) is 14.2. The number of H-pyrrole nitrogens is 1. The fourth-order valence-electron chi connectivity index (χ4n) is 2.96. The van der Waals surface area contributed by atoms with Gasteiger partial charge in [-0.1, -0.05) is 42.5 Å². The minimum atomic E-state index is -4.31. The molecule has 27 heavy (non-hydrogen) atoms. The van der Waals surface area contributed by atoms with E-state index in [4.69, 9.17) is 0 Å². The number of alkyl halides is 3. The second-order valence-corrected chi connectivity index (χ2v) is 6.25. The Labute approximate surface area is 153 Å². The van der Waals surface area contributed by atoms with E-state index in [1.54, 1.807) is 0 Å². The van der Waals surface area contributed by atoms with E-state index in [9.17, 15) is 13.2 Å². The molecule has 0 amide bonds. The first kappa shape index (κ1) is 17.1. The molecule has 0 atom stereocenters. The van der Waals surface area contributed by atoms with E-state index in [1.807, 2.05) is 48.5 Å². The number of rotatable bonds is 4. The van der Waals surface area contributed by atoms with Crippen molar-refractivity contribution in [2.75, 3.05) is 5.32 Å². The SMILES string of the molecule is FC(F)(F)c1ccc(CNc2ccc3c(-c4ccccc4)n[nH]c3c2)cc1. The van der Waals surface area contributed by atoms with Crippen LogP contribution in [0.5, 0.6) is 0 Å². The van der Waals surface area contributed by atoms with Gasteiger partial charge in [0.2, 0.25) is 0 Å². The zero-order valence-corrected chi connectivity index (χ0v) is 14.2. The van der Waals surface area contributed by atoms with Gasteiger partial charge in [-0.25, -0.2) is 0 Å². The fourth-order valence-corrected chi connectivity index (χ4v) is 2.96. The molecule has 4 aromatic rings. The molecule has 0 saturated carbocycles. The molecular formula is C21H16F3N3. The summed E-state index contributed by atoms with van der Waals surface area (Å²) in [5, 5.41) is 11.7. The Morgan fingerprint density at radius 1 is 0.889 bits per heavy atom. The number of nitrogens with one attached hydrogen (secondary N) is 2. The number of aromatic nitrogens is 2. The molecule has 3 nitrogen and oxygen atoms in total. The van der Waals surface area contributed by atoms with E-state index >= 15 is 0 Å². The molecule has 0 aliphatic heterocycles. The van der Waals surface area contributed by atoms with E-state index in [1.165, 1.54) is 12.1 Å². The Morgan fingerprint density at radius 3 is 2.33 bits per heavy atom. The number of anilines is 1. The van der Waals surface area contributed by atoms with Crippen molar-refractivity contribution >= 4 is 16.6 Å². The van der Waals surface area contributed by atoms with Gasteiger partial charge in [0.15, 0.2) is 0 Å². The molecule has 6 heteroatoms. The molecule has 0 aliphatic rings. The fraction of sp³-hybridized carbons (Fsp3) is 0.0952. The van der Waals surface area contributed by atoms with Crippen LogP contribution in [0, 0.1) is 0 Å². The van der Waals surface area contributed by atoms with E-state index in [0.717, 1.165) is 45.5 Å². The van der Waals surface area contributed by atoms with Crippen molar-refractivity contribution in [3.63, 3.8) is 0 Å². The zero-order chi connectivity index (χ0) is 18.9. The molecule has 0 bridgehead atoms. The highest BCUT2D eigenvalue weighted by Crippen LogP contribution is 2.30. The average Bonchev–Trinajstić information content (AvgIpc) is 3.10. The Hall–Kier alpha value is -3.28. The van der Waals surface area contributed by atoms with Crippen LogP contribution >= 0.6 is 0 Å². The molecule has 4 rings (SSSR count). The Bertz CT molecular complexity index is 1050. The lowest BCUT2D eigenvalue weighted by Crippen LogP contribution is -2.05. The minimum absolute atomic E-state index is 0.434. The lowest BCUT2D eigenvalue weighted by Gasteiger charge is -2.09. The standard InChI is InChI=1S/C21H16F3N3/c22-21(23,24)16-8-6-14(7-9-16)13-25-17-10-11-18-19(12-17)26-27-20(18)15-4-2-1-3-5-15/h1-12,25H,13H2,(H,26,27). The Kier molecular flexibility index (Phi) is 4.32. The summed E-state index contributed by atoms with van der Waals surface area (Å²) in [7, 11) is 0. The smallest absolute Gasteiger partial charge is 0.381 e. The molecule has 136 valence electrons. The number of nitrogens with zero attached hydrogens (tertiary/aromatic N) is 1. The molecule has 0 fully saturated rings. The van der Waals surface area contributed by atoms with Crippen molar-refractivity contribution < 1.29 is 13.2 Å². The molecule has 0 aliphatic carbocycles. The maximum Gasteiger partial charge on any atom is 0.416 e. The molecule has 2 N–H and O–H groups in total. The molecule has 1 heterocycles. The predicted molar refractivity (Wildman–Crippen MR) is 100 cm³/mol. The largest absolute Gasteiger partial charge is 0.416 e. The summed E-state index contributed by atoms with van der Waals surface area (Å²) in [5.74, 6) is 0. The maximum atomic E-state index is 12.6. The van der Waals surface area contributed by atoms with Gasteiger partial charge in [0.05, 0.1) is 16.8 Å². The number of hydrogen-bond acceptors (Lipinski definition) is 2. The third kappa shape index (κ3) is 3.65. The van der Waals surface area contributed by atoms with Crippen LogP contribution in [0.1, 0.15) is 11.1 Å². The molecule has 3 aromatic carbocycles. The van der Waals surface area contributed by atoms with Gasteiger partial charge >= 0.3 is 6.18 Å². The lowest BCUT2D eigenvalue weighted by atomic mass is 10.1. The third-order valence-corrected chi connectivity index (χ3v) is 4.39. The summed E-state index contributed by atoms with van der Waals surface area (Å²) >= 11 is 0. The first-order valence-corrected chi connectivity index (χ1v) is 8.44. The van der Waals surface area contributed by atoms with Crippen molar-refractivity contribution in [1.29, 1.82) is 0 Å². The first-order chi connectivity index (χ1) is 13.0. The van der Waals surface area contributed by atoms with E-state index < -0.39 is 11.7 Å². The summed E-state index contributed by atoms with van der Waals surface area (Å²) in [6, 6.07) is 20.9. The molecular weight excluding hydrogens is 351 g/mol. The van der Waals surface area contributed by atoms with Crippen molar-refractivity contribution in [3.05, 3.63) is 83.9 Å². The average molecular weight is 367 g/mol. The van der Waals surface area contributed by atoms with Gasteiger partial charge in [0, 0.05) is 23.2 Å². The summed E-state index contributed by atoms with van der Waals surface area (Å²) in [6.45, 7) is 0.434. The number of aromatic amines is 1. The van der Waals surface area contributed by atoms with Crippen LogP contribution in [0.4, 0.5) is 18.9 Å². The maximum absolute atomic E-state index is 12.6. The minimum Gasteiger partial charge on any atom is -0.381 e. The van der Waals surface area contributed by atoms with E-state index in [-0.39, 0.29) is 0 Å². The van der Waals surface area contributed by atoms with Gasteiger partial charge in [-0.2, -0.15) is 18.3 Å². The highest BCUT2D eigenvalue weighted by atomic mass is 19.4. The summed E-state index contributed by atoms with van der Waals surface area (Å²) in [5.41, 5.74) is 3.82. The second-order valence-electron chi connectivity index (χ2n) is 6.25. The van der Waals surface area contributed by atoms with Crippen molar-refractivity contribution in [1.82, 2.24) is 10.2 Å². The summed E-state index contributed by atoms with van der Waals surface area (Å²) in [4.78, 5) is 0. The van der Waals surface area contributed by atoms with Crippen LogP contribution < -0.4 is 5.32 Å². The van der Waals surface area contributed by atoms with Gasteiger partial charge in [0.1, 0.15) is 0 Å². The van der Waals surface area contributed by atoms with Crippen LogP contribution in [-0.4, -0.2) is 10.2 Å². The van der Waals surface area contributed by atoms with Crippen LogP contribution in [0.3, 0.4) is 0 Å². The summed E-state index contributed by atoms with van der Waals surface area (Å²) in [6.07, 6.45) is -4.31. The highest BCUT2D eigenvalue weighted by Gasteiger charge is 2.29.